The van der Waals surface area contributed by atoms with Crippen LogP contribution >= 0.6 is 0 Å². The Morgan fingerprint density at radius 1 is 0.923 bits per heavy atom. The van der Waals surface area contributed by atoms with Crippen molar-refractivity contribution in [3.05, 3.63) is 66.5 Å². The molecular formula is C21H25N5. The van der Waals surface area contributed by atoms with Crippen molar-refractivity contribution in [3.63, 3.8) is 0 Å². The number of rotatable bonds is 6. The first-order valence-corrected chi connectivity index (χ1v) is 8.86. The Kier molecular flexibility index (Phi) is 5.46. The molecule has 3 rings (SSSR count). The number of nitrogens with one attached hydrogen (secondary N) is 2. The van der Waals surface area contributed by atoms with Crippen molar-refractivity contribution in [2.75, 3.05) is 17.2 Å². The molecule has 2 aromatic heterocycles. The first-order valence-electron chi connectivity index (χ1n) is 8.86. The minimum atomic E-state index is -0.111. The summed E-state index contributed by atoms with van der Waals surface area (Å²) >= 11 is 0. The monoisotopic (exact) mass is 347 g/mol. The average Bonchev–Trinajstić information content (AvgIpc) is 2.62. The van der Waals surface area contributed by atoms with E-state index in [0.717, 1.165) is 35.7 Å². The van der Waals surface area contributed by atoms with Crippen LogP contribution in [0.4, 0.5) is 11.8 Å². The largest absolute Gasteiger partial charge is 0.369 e. The minimum absolute atomic E-state index is 0.111. The van der Waals surface area contributed by atoms with Gasteiger partial charge in [-0.1, -0.05) is 36.4 Å². The number of pyridine rings is 1. The second-order valence-electron chi connectivity index (χ2n) is 7.20. The molecule has 0 amide bonds. The van der Waals surface area contributed by atoms with E-state index < -0.39 is 0 Å². The van der Waals surface area contributed by atoms with Gasteiger partial charge in [0.15, 0.2) is 0 Å². The highest BCUT2D eigenvalue weighted by Gasteiger charge is 2.13. The van der Waals surface area contributed by atoms with Crippen LogP contribution in [0.3, 0.4) is 0 Å². The molecule has 0 saturated heterocycles. The summed E-state index contributed by atoms with van der Waals surface area (Å²) in [6, 6.07) is 18.1. The van der Waals surface area contributed by atoms with Crippen molar-refractivity contribution in [2.24, 2.45) is 0 Å². The van der Waals surface area contributed by atoms with Gasteiger partial charge >= 0.3 is 0 Å². The summed E-state index contributed by atoms with van der Waals surface area (Å²) in [4.78, 5) is 13.7. The lowest BCUT2D eigenvalue weighted by molar-refractivity contribution is 0.626. The number of anilines is 2. The number of hydrogen-bond donors (Lipinski definition) is 2. The lowest BCUT2D eigenvalue weighted by atomic mass is 10.1. The number of benzene rings is 1. The lowest BCUT2D eigenvalue weighted by Gasteiger charge is -2.21. The topological polar surface area (TPSA) is 62.7 Å². The first-order chi connectivity index (χ1) is 12.5. The van der Waals surface area contributed by atoms with Crippen molar-refractivity contribution in [1.29, 1.82) is 0 Å². The SMILES string of the molecule is CC(C)(C)Nc1nc(NCCc2ccccn2)cc(-c2ccccc2)n1. The van der Waals surface area contributed by atoms with Crippen LogP contribution in [-0.2, 0) is 6.42 Å². The number of aromatic nitrogens is 3. The van der Waals surface area contributed by atoms with Gasteiger partial charge in [0.1, 0.15) is 5.82 Å². The third-order valence-electron chi connectivity index (χ3n) is 3.70. The maximum atomic E-state index is 4.68. The van der Waals surface area contributed by atoms with E-state index in [4.69, 9.17) is 0 Å². The quantitative estimate of drug-likeness (QED) is 0.692. The molecular weight excluding hydrogens is 322 g/mol. The normalized spacial score (nSPS) is 11.2. The van der Waals surface area contributed by atoms with E-state index in [1.54, 1.807) is 0 Å². The zero-order chi connectivity index (χ0) is 18.4. The van der Waals surface area contributed by atoms with Crippen molar-refractivity contribution >= 4 is 11.8 Å². The van der Waals surface area contributed by atoms with Crippen LogP contribution in [0.25, 0.3) is 11.3 Å². The van der Waals surface area contributed by atoms with Gasteiger partial charge in [-0.3, -0.25) is 4.98 Å². The van der Waals surface area contributed by atoms with E-state index >= 15 is 0 Å². The third-order valence-corrected chi connectivity index (χ3v) is 3.70. The molecule has 1 aromatic carbocycles. The Morgan fingerprint density at radius 3 is 2.38 bits per heavy atom. The van der Waals surface area contributed by atoms with E-state index in [9.17, 15) is 0 Å². The van der Waals surface area contributed by atoms with Crippen LogP contribution in [0, 0.1) is 0 Å². The van der Waals surface area contributed by atoms with Crippen LogP contribution in [0.2, 0.25) is 0 Å². The minimum Gasteiger partial charge on any atom is -0.369 e. The summed E-state index contributed by atoms with van der Waals surface area (Å²) in [6.45, 7) is 7.05. The Morgan fingerprint density at radius 2 is 1.69 bits per heavy atom. The van der Waals surface area contributed by atoms with Crippen molar-refractivity contribution in [1.82, 2.24) is 15.0 Å². The third kappa shape index (κ3) is 5.28. The molecule has 134 valence electrons. The van der Waals surface area contributed by atoms with Crippen LogP contribution in [0.1, 0.15) is 26.5 Å². The Balaban J connectivity index is 1.80. The fourth-order valence-corrected chi connectivity index (χ4v) is 2.55. The standard InChI is InChI=1S/C21H25N5/c1-21(2,3)26-20-24-18(16-9-5-4-6-10-16)15-19(25-20)23-14-12-17-11-7-8-13-22-17/h4-11,13,15H,12,14H2,1-3H3,(H2,23,24,25,26). The second kappa shape index (κ2) is 7.95. The molecule has 0 aliphatic heterocycles. The summed E-state index contributed by atoms with van der Waals surface area (Å²) in [7, 11) is 0. The van der Waals surface area contributed by atoms with Crippen LogP contribution < -0.4 is 10.6 Å². The predicted molar refractivity (Wildman–Crippen MR) is 107 cm³/mol. The Bertz CT molecular complexity index is 826. The predicted octanol–water partition coefficient (Wildman–Crippen LogP) is 4.40. The van der Waals surface area contributed by atoms with Crippen LogP contribution in [0.15, 0.2) is 60.8 Å². The Labute approximate surface area is 154 Å². The second-order valence-corrected chi connectivity index (χ2v) is 7.20. The van der Waals surface area contributed by atoms with Crippen molar-refractivity contribution < 1.29 is 0 Å². The van der Waals surface area contributed by atoms with Gasteiger partial charge in [-0.25, -0.2) is 4.98 Å². The molecule has 26 heavy (non-hydrogen) atoms. The molecule has 2 heterocycles. The maximum absolute atomic E-state index is 4.68. The molecule has 0 aliphatic rings. The van der Waals surface area contributed by atoms with E-state index in [1.165, 1.54) is 0 Å². The van der Waals surface area contributed by atoms with Gasteiger partial charge in [-0.15, -0.1) is 0 Å². The summed E-state index contributed by atoms with van der Waals surface area (Å²) in [5.74, 6) is 1.43. The van der Waals surface area contributed by atoms with Gasteiger partial charge < -0.3 is 10.6 Å². The van der Waals surface area contributed by atoms with Gasteiger partial charge in [0.25, 0.3) is 0 Å². The van der Waals surface area contributed by atoms with Crippen LogP contribution in [-0.4, -0.2) is 27.0 Å². The fourth-order valence-electron chi connectivity index (χ4n) is 2.55. The molecule has 2 N–H and O–H groups in total. The van der Waals surface area contributed by atoms with Gasteiger partial charge in [0, 0.05) is 42.0 Å². The fraction of sp³-hybridized carbons (Fsp3) is 0.286. The molecule has 0 atom stereocenters. The zero-order valence-electron chi connectivity index (χ0n) is 15.5. The van der Waals surface area contributed by atoms with E-state index in [0.29, 0.717) is 5.95 Å². The number of nitrogens with zero attached hydrogens (tertiary/aromatic N) is 3. The van der Waals surface area contributed by atoms with Gasteiger partial charge in [0.2, 0.25) is 5.95 Å². The zero-order valence-corrected chi connectivity index (χ0v) is 15.5. The first kappa shape index (κ1) is 17.9. The average molecular weight is 347 g/mol. The van der Waals surface area contributed by atoms with Crippen molar-refractivity contribution in [2.45, 2.75) is 32.7 Å². The molecule has 0 aliphatic carbocycles. The summed E-state index contributed by atoms with van der Waals surface area (Å²) in [5, 5.41) is 6.76. The molecule has 0 radical (unpaired) electrons. The van der Waals surface area contributed by atoms with Crippen molar-refractivity contribution in [3.8, 4) is 11.3 Å². The highest BCUT2D eigenvalue weighted by atomic mass is 15.2. The summed E-state index contributed by atoms with van der Waals surface area (Å²) < 4.78 is 0. The molecule has 5 nitrogen and oxygen atoms in total. The smallest absolute Gasteiger partial charge is 0.225 e. The lowest BCUT2D eigenvalue weighted by Crippen LogP contribution is -2.27. The molecule has 3 aromatic rings. The van der Waals surface area contributed by atoms with Crippen LogP contribution in [0.5, 0.6) is 0 Å². The molecule has 0 fully saturated rings. The molecule has 0 spiro atoms. The maximum Gasteiger partial charge on any atom is 0.225 e. The molecule has 5 heteroatoms. The van der Waals surface area contributed by atoms with E-state index in [1.807, 2.05) is 48.7 Å². The number of hydrogen-bond acceptors (Lipinski definition) is 5. The van der Waals surface area contributed by atoms with E-state index in [-0.39, 0.29) is 5.54 Å². The summed E-state index contributed by atoms with van der Waals surface area (Å²) in [6.07, 6.45) is 2.66. The van der Waals surface area contributed by atoms with E-state index in [2.05, 4.69) is 58.5 Å². The van der Waals surface area contributed by atoms with Gasteiger partial charge in [-0.05, 0) is 32.9 Å². The highest BCUT2D eigenvalue weighted by molar-refractivity contribution is 5.64. The molecule has 0 bridgehead atoms. The molecule has 0 saturated carbocycles. The Hall–Kier alpha value is -2.95. The van der Waals surface area contributed by atoms with Gasteiger partial charge in [0.05, 0.1) is 5.69 Å². The molecule has 0 unspecified atom stereocenters. The summed E-state index contributed by atoms with van der Waals surface area (Å²) in [5.41, 5.74) is 2.92. The van der Waals surface area contributed by atoms with Gasteiger partial charge in [-0.2, -0.15) is 4.98 Å². The highest BCUT2D eigenvalue weighted by Crippen LogP contribution is 2.22.